The van der Waals surface area contributed by atoms with Crippen molar-refractivity contribution in [3.8, 4) is 5.88 Å². The Kier molecular flexibility index (Phi) is 10.6. The normalized spacial score (nSPS) is 12.5. The summed E-state index contributed by atoms with van der Waals surface area (Å²) in [6.07, 6.45) is 6.50. The number of methoxy groups -OCH3 is 2. The zero-order valence-corrected chi connectivity index (χ0v) is 20.6. The van der Waals surface area contributed by atoms with E-state index in [1.54, 1.807) is 0 Å². The molecule has 6 nitrogen and oxygen atoms in total. The molecule has 176 valence electrons. The number of rotatable bonds is 13. The van der Waals surface area contributed by atoms with Crippen molar-refractivity contribution in [2.45, 2.75) is 66.0 Å². The van der Waals surface area contributed by atoms with Gasteiger partial charge in [-0.25, -0.2) is 9.48 Å². The highest BCUT2D eigenvalue weighted by Gasteiger charge is 2.21. The summed E-state index contributed by atoms with van der Waals surface area (Å²) in [6, 6.07) is 7.52. The topological polar surface area (TPSA) is 62.6 Å². The monoisotopic (exact) mass is 462 g/mol. The molecule has 0 aliphatic rings. The molecular formula is C25H35ClN2O4. The SMILES string of the molecule is CCCCc1c(OCc2ccccc2/C(=C\OC)C(=O)OC)nn(CC(C)CCC)c1Cl. The zero-order chi connectivity index (χ0) is 23.5. The highest BCUT2D eigenvalue weighted by molar-refractivity contribution is 6.30. The average Bonchev–Trinajstić information content (AvgIpc) is 3.08. The Morgan fingerprint density at radius 1 is 1.22 bits per heavy atom. The summed E-state index contributed by atoms with van der Waals surface area (Å²) in [4.78, 5) is 12.3. The number of ether oxygens (including phenoxy) is 3. The molecule has 7 heteroatoms. The molecule has 2 aromatic rings. The van der Waals surface area contributed by atoms with E-state index in [0.29, 0.717) is 28.1 Å². The second kappa shape index (κ2) is 13.2. The quantitative estimate of drug-likeness (QED) is 0.206. The maximum absolute atomic E-state index is 12.3. The minimum atomic E-state index is -0.472. The standard InChI is InChI=1S/C25H35ClN2O4/c1-6-8-13-21-23(26)28(15-18(3)11-7-2)27-24(21)32-16-19-12-9-10-14-20(19)22(17-30-4)25(29)31-5/h9-10,12,14,17-18H,6-8,11,13,15-16H2,1-5H3/b22-17+. The molecule has 1 heterocycles. The Morgan fingerprint density at radius 2 is 1.97 bits per heavy atom. The van der Waals surface area contributed by atoms with Gasteiger partial charge in [-0.3, -0.25) is 0 Å². The van der Waals surface area contributed by atoms with Crippen LogP contribution >= 0.6 is 11.6 Å². The predicted molar refractivity (Wildman–Crippen MR) is 128 cm³/mol. The molecule has 0 fully saturated rings. The van der Waals surface area contributed by atoms with Gasteiger partial charge in [0, 0.05) is 6.54 Å². The van der Waals surface area contributed by atoms with E-state index in [1.165, 1.54) is 20.5 Å². The van der Waals surface area contributed by atoms with E-state index in [2.05, 4.69) is 20.8 Å². The fourth-order valence-electron chi connectivity index (χ4n) is 3.64. The zero-order valence-electron chi connectivity index (χ0n) is 19.8. The van der Waals surface area contributed by atoms with E-state index in [4.69, 9.17) is 30.9 Å². The third kappa shape index (κ3) is 6.76. The minimum Gasteiger partial charge on any atom is -0.503 e. The van der Waals surface area contributed by atoms with Gasteiger partial charge in [-0.2, -0.15) is 0 Å². The Bertz CT molecular complexity index is 907. The number of esters is 1. The Labute approximate surface area is 196 Å². The number of carbonyl (C=O) groups excluding carboxylic acids is 1. The van der Waals surface area contributed by atoms with Crippen molar-refractivity contribution in [2.24, 2.45) is 5.92 Å². The summed E-state index contributed by atoms with van der Waals surface area (Å²) >= 11 is 6.71. The fraction of sp³-hybridized carbons (Fsp3) is 0.520. The van der Waals surface area contributed by atoms with Crippen LogP contribution in [0.1, 0.15) is 63.1 Å². The molecule has 2 rings (SSSR count). The van der Waals surface area contributed by atoms with Crippen LogP contribution < -0.4 is 4.74 Å². The molecule has 1 atom stereocenters. The second-order valence-corrected chi connectivity index (χ2v) is 8.32. The van der Waals surface area contributed by atoms with Crippen LogP contribution in [0, 0.1) is 5.92 Å². The molecule has 0 radical (unpaired) electrons. The third-order valence-corrected chi connectivity index (χ3v) is 5.73. The molecule has 1 aromatic heterocycles. The van der Waals surface area contributed by atoms with Crippen LogP contribution in [-0.2, 0) is 33.8 Å². The Hall–Kier alpha value is -2.47. The lowest BCUT2D eigenvalue weighted by Gasteiger charge is -2.12. The summed E-state index contributed by atoms with van der Waals surface area (Å²) in [5, 5.41) is 5.35. The van der Waals surface area contributed by atoms with Crippen LogP contribution in [-0.4, -0.2) is 30.0 Å². The molecule has 0 bridgehead atoms. The highest BCUT2D eigenvalue weighted by Crippen LogP contribution is 2.30. The maximum Gasteiger partial charge on any atom is 0.341 e. The number of hydrogen-bond donors (Lipinski definition) is 0. The van der Waals surface area contributed by atoms with Gasteiger partial charge in [0.2, 0.25) is 5.88 Å². The highest BCUT2D eigenvalue weighted by atomic mass is 35.5. The number of halogens is 1. The largest absolute Gasteiger partial charge is 0.503 e. The average molecular weight is 463 g/mol. The van der Waals surface area contributed by atoms with Crippen LogP contribution in [0.5, 0.6) is 5.88 Å². The summed E-state index contributed by atoms with van der Waals surface area (Å²) in [5.74, 6) is 0.559. The lowest BCUT2D eigenvalue weighted by atomic mass is 10.0. The summed E-state index contributed by atoms with van der Waals surface area (Å²) in [6.45, 7) is 7.54. The van der Waals surface area contributed by atoms with Crippen LogP contribution in [0.15, 0.2) is 30.5 Å². The van der Waals surface area contributed by atoms with E-state index >= 15 is 0 Å². The molecule has 0 N–H and O–H groups in total. The third-order valence-electron chi connectivity index (χ3n) is 5.30. The van der Waals surface area contributed by atoms with Crippen LogP contribution in [0.4, 0.5) is 0 Å². The fourth-order valence-corrected chi connectivity index (χ4v) is 3.92. The van der Waals surface area contributed by atoms with E-state index in [1.807, 2.05) is 28.9 Å². The first kappa shape index (κ1) is 25.8. The Morgan fingerprint density at radius 3 is 2.62 bits per heavy atom. The van der Waals surface area contributed by atoms with E-state index in [0.717, 1.165) is 49.8 Å². The molecule has 1 unspecified atom stereocenters. The van der Waals surface area contributed by atoms with Crippen molar-refractivity contribution in [1.82, 2.24) is 9.78 Å². The van der Waals surface area contributed by atoms with Gasteiger partial charge < -0.3 is 14.2 Å². The van der Waals surface area contributed by atoms with Gasteiger partial charge in [0.05, 0.1) is 26.0 Å². The number of carbonyl (C=O) groups is 1. The van der Waals surface area contributed by atoms with Crippen LogP contribution in [0.2, 0.25) is 5.15 Å². The van der Waals surface area contributed by atoms with Crippen LogP contribution in [0.25, 0.3) is 5.57 Å². The van der Waals surface area contributed by atoms with Crippen molar-refractivity contribution in [1.29, 1.82) is 0 Å². The number of benzene rings is 1. The maximum atomic E-state index is 12.3. The molecule has 0 saturated carbocycles. The molecule has 0 spiro atoms. The summed E-state index contributed by atoms with van der Waals surface area (Å²) in [7, 11) is 2.84. The van der Waals surface area contributed by atoms with Crippen molar-refractivity contribution in [2.75, 3.05) is 14.2 Å². The van der Waals surface area contributed by atoms with E-state index in [-0.39, 0.29) is 6.61 Å². The van der Waals surface area contributed by atoms with Gasteiger partial charge in [-0.1, -0.05) is 69.5 Å². The van der Waals surface area contributed by atoms with Gasteiger partial charge in [0.1, 0.15) is 17.3 Å². The molecule has 0 aliphatic carbocycles. The number of nitrogens with zero attached hydrogens (tertiary/aromatic N) is 2. The minimum absolute atomic E-state index is 0.241. The first-order chi connectivity index (χ1) is 15.5. The van der Waals surface area contributed by atoms with Gasteiger partial charge in [0.25, 0.3) is 0 Å². The summed E-state index contributed by atoms with van der Waals surface area (Å²) < 4.78 is 18.0. The molecule has 0 aliphatic heterocycles. The molecule has 0 saturated heterocycles. The van der Waals surface area contributed by atoms with E-state index in [9.17, 15) is 4.79 Å². The lowest BCUT2D eigenvalue weighted by molar-refractivity contribution is -0.133. The first-order valence-corrected chi connectivity index (χ1v) is 11.6. The predicted octanol–water partition coefficient (Wildman–Crippen LogP) is 6.05. The van der Waals surface area contributed by atoms with Crippen molar-refractivity contribution in [3.63, 3.8) is 0 Å². The van der Waals surface area contributed by atoms with Gasteiger partial charge in [0.15, 0.2) is 0 Å². The molecular weight excluding hydrogens is 428 g/mol. The lowest BCUT2D eigenvalue weighted by Crippen LogP contribution is -2.10. The molecule has 1 aromatic carbocycles. The van der Waals surface area contributed by atoms with Gasteiger partial charge in [-0.05, 0) is 36.3 Å². The van der Waals surface area contributed by atoms with Gasteiger partial charge in [-0.15, -0.1) is 5.10 Å². The van der Waals surface area contributed by atoms with Crippen molar-refractivity contribution < 1.29 is 19.0 Å². The van der Waals surface area contributed by atoms with Gasteiger partial charge >= 0.3 is 5.97 Å². The number of hydrogen-bond acceptors (Lipinski definition) is 5. The summed E-state index contributed by atoms with van der Waals surface area (Å²) in [5.41, 5.74) is 2.79. The smallest absolute Gasteiger partial charge is 0.341 e. The first-order valence-electron chi connectivity index (χ1n) is 11.2. The number of unbranched alkanes of at least 4 members (excludes halogenated alkanes) is 1. The number of aromatic nitrogens is 2. The molecule has 32 heavy (non-hydrogen) atoms. The van der Waals surface area contributed by atoms with Crippen molar-refractivity contribution in [3.05, 3.63) is 52.4 Å². The Balaban J connectivity index is 2.32. The van der Waals surface area contributed by atoms with Crippen molar-refractivity contribution >= 4 is 23.1 Å². The second-order valence-electron chi connectivity index (χ2n) is 7.96. The van der Waals surface area contributed by atoms with Crippen LogP contribution in [0.3, 0.4) is 0 Å². The van der Waals surface area contributed by atoms with E-state index < -0.39 is 5.97 Å². The molecule has 0 amide bonds.